The van der Waals surface area contributed by atoms with Gasteiger partial charge in [-0.15, -0.1) is 11.3 Å². The zero-order valence-corrected chi connectivity index (χ0v) is 23.2. The second kappa shape index (κ2) is 12.4. The first-order valence-corrected chi connectivity index (χ1v) is 14.2. The topological polar surface area (TPSA) is 49.9 Å². The largest absolute Gasteiger partial charge is 0.497 e. The minimum Gasteiger partial charge on any atom is -0.497 e. The molecule has 5 nitrogen and oxygen atoms in total. The molecule has 0 saturated carbocycles. The summed E-state index contributed by atoms with van der Waals surface area (Å²) >= 11 is 1.75. The Morgan fingerprint density at radius 2 is 1.81 bits per heavy atom. The van der Waals surface area contributed by atoms with Crippen LogP contribution < -0.4 is 4.74 Å². The van der Waals surface area contributed by atoms with Crippen molar-refractivity contribution in [2.75, 3.05) is 20.2 Å². The van der Waals surface area contributed by atoms with E-state index in [1.165, 1.54) is 16.0 Å². The van der Waals surface area contributed by atoms with Crippen LogP contribution in [0.4, 0.5) is 0 Å². The Morgan fingerprint density at radius 1 is 1.08 bits per heavy atom. The monoisotopic (exact) mass is 518 g/mol. The van der Waals surface area contributed by atoms with Crippen molar-refractivity contribution >= 4 is 23.2 Å². The predicted molar refractivity (Wildman–Crippen MR) is 150 cm³/mol. The van der Waals surface area contributed by atoms with Gasteiger partial charge in [-0.1, -0.05) is 44.5 Å². The van der Waals surface area contributed by atoms with Crippen LogP contribution >= 0.6 is 11.3 Å². The lowest BCUT2D eigenvalue weighted by molar-refractivity contribution is -0.134. The summed E-state index contributed by atoms with van der Waals surface area (Å²) in [5.41, 5.74) is 4.11. The molecule has 2 unspecified atom stereocenters. The number of rotatable bonds is 10. The van der Waals surface area contributed by atoms with Crippen LogP contribution in [-0.2, 0) is 17.6 Å². The van der Waals surface area contributed by atoms with Gasteiger partial charge in [0.1, 0.15) is 12.3 Å². The Kier molecular flexibility index (Phi) is 9.04. The molecule has 4 rings (SSSR count). The van der Waals surface area contributed by atoms with E-state index in [4.69, 9.17) is 4.74 Å². The third kappa shape index (κ3) is 6.07. The Bertz CT molecular complexity index is 1190. The first-order chi connectivity index (χ1) is 18.0. The fourth-order valence-electron chi connectivity index (χ4n) is 4.98. The lowest BCUT2D eigenvalue weighted by atomic mass is 9.93. The molecule has 0 N–H and O–H groups in total. The lowest BCUT2D eigenvalue weighted by Crippen LogP contribution is -2.49. The number of amides is 2. The molecule has 0 radical (unpaired) electrons. The summed E-state index contributed by atoms with van der Waals surface area (Å²) in [5, 5.41) is 2.11. The molecule has 0 saturated heterocycles. The second-order valence-electron chi connectivity index (χ2n) is 9.80. The summed E-state index contributed by atoms with van der Waals surface area (Å²) in [7, 11) is 1.65. The number of fused-ring (bicyclic) bond motifs is 1. The number of unbranched alkanes of at least 4 members (excludes halogenated alkanes) is 1. The minimum absolute atomic E-state index is 0.0223. The molecule has 1 aliphatic rings. The molecule has 3 aromatic rings. The quantitative estimate of drug-likeness (QED) is 0.307. The molecular weight excluding hydrogens is 480 g/mol. The van der Waals surface area contributed by atoms with Crippen LogP contribution in [0.15, 0.2) is 60.0 Å². The third-order valence-corrected chi connectivity index (χ3v) is 8.42. The summed E-state index contributed by atoms with van der Waals surface area (Å²) < 4.78 is 5.35. The first kappa shape index (κ1) is 26.9. The van der Waals surface area contributed by atoms with E-state index < -0.39 is 0 Å². The van der Waals surface area contributed by atoms with Gasteiger partial charge in [0.2, 0.25) is 5.91 Å². The molecule has 0 spiro atoms. The van der Waals surface area contributed by atoms with Gasteiger partial charge in [0, 0.05) is 23.0 Å². The number of carbonyl (C=O) groups is 2. The Hall–Kier alpha value is -3.12. The fourth-order valence-corrected chi connectivity index (χ4v) is 5.88. The zero-order valence-electron chi connectivity index (χ0n) is 22.4. The van der Waals surface area contributed by atoms with Gasteiger partial charge in [-0.3, -0.25) is 9.59 Å². The highest BCUT2D eigenvalue weighted by atomic mass is 32.1. The maximum Gasteiger partial charge on any atom is 0.254 e. The third-order valence-electron chi connectivity index (χ3n) is 7.43. The van der Waals surface area contributed by atoms with E-state index in [2.05, 4.69) is 25.3 Å². The average molecular weight is 519 g/mol. The van der Waals surface area contributed by atoms with E-state index in [0.717, 1.165) is 43.4 Å². The van der Waals surface area contributed by atoms with Gasteiger partial charge >= 0.3 is 0 Å². The molecule has 1 aliphatic heterocycles. The molecule has 0 fully saturated rings. The van der Waals surface area contributed by atoms with E-state index in [1.807, 2.05) is 60.4 Å². The van der Waals surface area contributed by atoms with Gasteiger partial charge in [-0.2, -0.15) is 0 Å². The number of carbonyl (C=O) groups excluding carboxylic acids is 2. The molecule has 0 aliphatic carbocycles. The number of hydrogen-bond donors (Lipinski definition) is 0. The van der Waals surface area contributed by atoms with Crippen molar-refractivity contribution in [2.45, 2.75) is 65.0 Å². The van der Waals surface area contributed by atoms with E-state index >= 15 is 0 Å². The molecule has 6 heteroatoms. The van der Waals surface area contributed by atoms with Crippen molar-refractivity contribution in [3.63, 3.8) is 0 Å². The molecule has 2 heterocycles. The Balaban J connectivity index is 1.58. The standard InChI is InChI=1S/C31H38N2O3S/c1-5-7-8-23-9-11-25(12-10-23)31(35)33(22(3)6-2)21-29(34)32-19-17-28-27(18-20-37-28)30(32)24-13-15-26(36-4)16-14-24/h9-16,18,20,22,30H,5-8,17,19,21H2,1-4H3. The number of nitrogens with zero attached hydrogens (tertiary/aromatic N) is 2. The van der Waals surface area contributed by atoms with Gasteiger partial charge in [0.15, 0.2) is 0 Å². The average Bonchev–Trinajstić information content (AvgIpc) is 3.43. The summed E-state index contributed by atoms with van der Waals surface area (Å²) in [6.45, 7) is 6.96. The normalized spacial score (nSPS) is 15.7. The fraction of sp³-hybridized carbons (Fsp3) is 0.419. The van der Waals surface area contributed by atoms with Gasteiger partial charge in [-0.25, -0.2) is 0 Å². The summed E-state index contributed by atoms with van der Waals surface area (Å²) in [6.07, 6.45) is 4.92. The lowest BCUT2D eigenvalue weighted by Gasteiger charge is -2.38. The highest BCUT2D eigenvalue weighted by Gasteiger charge is 2.34. The summed E-state index contributed by atoms with van der Waals surface area (Å²) in [5.74, 6) is 0.682. The minimum atomic E-state index is -0.167. The number of aryl methyl sites for hydroxylation is 1. The molecule has 2 atom stereocenters. The van der Waals surface area contributed by atoms with Crippen molar-refractivity contribution in [2.24, 2.45) is 0 Å². The van der Waals surface area contributed by atoms with E-state index in [1.54, 1.807) is 23.3 Å². The molecular formula is C31H38N2O3S. The molecule has 37 heavy (non-hydrogen) atoms. The summed E-state index contributed by atoms with van der Waals surface area (Å²) in [6, 6.07) is 17.8. The molecule has 1 aromatic heterocycles. The summed E-state index contributed by atoms with van der Waals surface area (Å²) in [4.78, 5) is 32.5. The van der Waals surface area contributed by atoms with Gasteiger partial charge < -0.3 is 14.5 Å². The molecule has 0 bridgehead atoms. The van der Waals surface area contributed by atoms with Crippen molar-refractivity contribution in [1.29, 1.82) is 0 Å². The zero-order chi connectivity index (χ0) is 26.4. The Labute approximate surface area is 225 Å². The van der Waals surface area contributed by atoms with Gasteiger partial charge in [0.05, 0.1) is 13.2 Å². The number of ether oxygens (including phenoxy) is 1. The highest BCUT2D eigenvalue weighted by molar-refractivity contribution is 7.10. The van der Waals surface area contributed by atoms with Crippen LogP contribution in [0.5, 0.6) is 5.75 Å². The van der Waals surface area contributed by atoms with Crippen LogP contribution in [0.2, 0.25) is 0 Å². The van der Waals surface area contributed by atoms with Crippen LogP contribution in [0.3, 0.4) is 0 Å². The van der Waals surface area contributed by atoms with E-state index in [-0.39, 0.29) is 30.4 Å². The number of hydrogen-bond acceptors (Lipinski definition) is 4. The van der Waals surface area contributed by atoms with Crippen molar-refractivity contribution < 1.29 is 14.3 Å². The van der Waals surface area contributed by atoms with Crippen LogP contribution in [0.25, 0.3) is 0 Å². The van der Waals surface area contributed by atoms with Crippen molar-refractivity contribution in [1.82, 2.24) is 9.80 Å². The van der Waals surface area contributed by atoms with Crippen molar-refractivity contribution in [3.05, 3.63) is 87.1 Å². The molecule has 2 amide bonds. The SMILES string of the molecule is CCCCc1ccc(C(=O)N(CC(=O)N2CCc3sccc3C2c2ccc(OC)cc2)C(C)CC)cc1. The van der Waals surface area contributed by atoms with E-state index in [9.17, 15) is 9.59 Å². The Morgan fingerprint density at radius 3 is 2.46 bits per heavy atom. The maximum atomic E-state index is 13.9. The first-order valence-electron chi connectivity index (χ1n) is 13.4. The number of thiophene rings is 1. The van der Waals surface area contributed by atoms with Crippen LogP contribution in [0, 0.1) is 0 Å². The smallest absolute Gasteiger partial charge is 0.254 e. The second-order valence-corrected chi connectivity index (χ2v) is 10.8. The van der Waals surface area contributed by atoms with E-state index in [0.29, 0.717) is 12.1 Å². The van der Waals surface area contributed by atoms with Gasteiger partial charge in [-0.05, 0) is 85.0 Å². The number of benzene rings is 2. The van der Waals surface area contributed by atoms with Crippen LogP contribution in [-0.4, -0.2) is 47.9 Å². The van der Waals surface area contributed by atoms with Gasteiger partial charge in [0.25, 0.3) is 5.91 Å². The molecule has 2 aromatic carbocycles. The highest BCUT2D eigenvalue weighted by Crippen LogP contribution is 2.38. The predicted octanol–water partition coefficient (Wildman–Crippen LogP) is 6.51. The van der Waals surface area contributed by atoms with Crippen LogP contribution in [0.1, 0.15) is 78.0 Å². The maximum absolute atomic E-state index is 13.9. The number of methoxy groups -OCH3 is 1. The molecule has 196 valence electrons. The van der Waals surface area contributed by atoms with Crippen molar-refractivity contribution in [3.8, 4) is 5.75 Å².